The minimum atomic E-state index is -1.10. The number of carboxylic acids is 4. The number of carbonyl (C=O) groups excluding carboxylic acids is 5. The average Bonchev–Trinajstić information content (AvgIpc) is 2.99. The van der Waals surface area contributed by atoms with Crippen molar-refractivity contribution >= 4 is 63.6 Å². The summed E-state index contributed by atoms with van der Waals surface area (Å²) in [6.07, 6.45) is 1.91. The van der Waals surface area contributed by atoms with Crippen LogP contribution < -0.4 is 0 Å². The molecule has 0 aliphatic heterocycles. The summed E-state index contributed by atoms with van der Waals surface area (Å²) in [5.41, 5.74) is 0.632. The van der Waals surface area contributed by atoms with Crippen molar-refractivity contribution in [2.45, 2.75) is 54.4 Å². The van der Waals surface area contributed by atoms with Gasteiger partial charge in [0.05, 0.1) is 17.5 Å². The highest BCUT2D eigenvalue weighted by atomic mass is 16.4. The van der Waals surface area contributed by atoms with Gasteiger partial charge < -0.3 is 30.0 Å². The Kier molecular flexibility index (Phi) is 21.3. The van der Waals surface area contributed by atoms with E-state index >= 15 is 0 Å². The summed E-state index contributed by atoms with van der Waals surface area (Å²) in [6.45, 7) is 8.45. The van der Waals surface area contributed by atoms with Crippen molar-refractivity contribution in [1.82, 2.24) is 0 Å². The van der Waals surface area contributed by atoms with Gasteiger partial charge in [0.1, 0.15) is 11.6 Å². The van der Waals surface area contributed by atoms with Crippen LogP contribution in [0, 0.1) is 0 Å². The van der Waals surface area contributed by atoms with Crippen LogP contribution in [0.4, 0.5) is 0 Å². The second kappa shape index (κ2) is 23.3. The number of carboxylic acid groups (broad SMARTS) is 4. The SMILES string of the molecule is CC(=O)/C=C\C(=O)O.CC(=O)CCC(=O)O.CC(=O)c1cc2ccccc2cc1C(=O)O.CC(=O)c1ccccc1C(=O)O.CC(C)=O. The molecule has 0 atom stereocenters. The van der Waals surface area contributed by atoms with E-state index in [1.54, 1.807) is 18.2 Å². The molecule has 13 nitrogen and oxygen atoms in total. The lowest BCUT2D eigenvalue weighted by molar-refractivity contribution is -0.138. The Morgan fingerprint density at radius 1 is 0.521 bits per heavy atom. The van der Waals surface area contributed by atoms with Crippen LogP contribution in [0.2, 0.25) is 0 Å². The molecule has 0 aliphatic rings. The van der Waals surface area contributed by atoms with Gasteiger partial charge >= 0.3 is 23.9 Å². The highest BCUT2D eigenvalue weighted by Crippen LogP contribution is 2.20. The van der Waals surface area contributed by atoms with Gasteiger partial charge in [-0.3, -0.25) is 19.2 Å². The van der Waals surface area contributed by atoms with Crippen molar-refractivity contribution in [2.75, 3.05) is 0 Å². The maximum absolute atomic E-state index is 11.4. The van der Waals surface area contributed by atoms with Gasteiger partial charge in [0, 0.05) is 23.6 Å². The van der Waals surface area contributed by atoms with E-state index in [4.69, 9.17) is 20.4 Å². The molecular weight excluding hydrogens is 628 g/mol. The average molecular weight is 667 g/mol. The van der Waals surface area contributed by atoms with Gasteiger partial charge in [-0.05, 0) is 76.6 Å². The molecule has 0 amide bonds. The molecule has 0 radical (unpaired) electrons. The topological polar surface area (TPSA) is 235 Å². The zero-order chi connectivity index (χ0) is 37.6. The summed E-state index contributed by atoms with van der Waals surface area (Å²) >= 11 is 0. The van der Waals surface area contributed by atoms with Crippen molar-refractivity contribution in [3.63, 3.8) is 0 Å². The summed E-state index contributed by atoms with van der Waals surface area (Å²) in [6, 6.07) is 16.7. The first-order valence-electron chi connectivity index (χ1n) is 13.9. The molecule has 0 saturated heterocycles. The van der Waals surface area contributed by atoms with Crippen LogP contribution in [-0.2, 0) is 24.0 Å². The Hall–Kier alpha value is -6.11. The Bertz CT molecular complexity index is 1560. The third-order valence-electron chi connectivity index (χ3n) is 5.18. The van der Waals surface area contributed by atoms with Crippen LogP contribution >= 0.6 is 0 Å². The Labute approximate surface area is 276 Å². The first-order valence-corrected chi connectivity index (χ1v) is 13.9. The fourth-order valence-corrected chi connectivity index (χ4v) is 3.16. The van der Waals surface area contributed by atoms with Gasteiger partial charge in [-0.1, -0.05) is 42.5 Å². The van der Waals surface area contributed by atoms with Crippen LogP contribution in [0.1, 0.15) is 95.8 Å². The van der Waals surface area contributed by atoms with Crippen molar-refractivity contribution in [3.05, 3.63) is 95.1 Å². The second-order valence-electron chi connectivity index (χ2n) is 9.80. The number of benzene rings is 3. The minimum absolute atomic E-state index is 0.0463. The highest BCUT2D eigenvalue weighted by Gasteiger charge is 2.14. The monoisotopic (exact) mass is 666 g/mol. The molecular formula is C35H38O13. The van der Waals surface area contributed by atoms with Gasteiger partial charge in [0.2, 0.25) is 0 Å². The van der Waals surface area contributed by atoms with E-state index in [1.165, 1.54) is 59.7 Å². The predicted molar refractivity (Wildman–Crippen MR) is 176 cm³/mol. The number of hydrogen-bond donors (Lipinski definition) is 4. The summed E-state index contributed by atoms with van der Waals surface area (Å²) in [7, 11) is 0. The highest BCUT2D eigenvalue weighted by molar-refractivity contribution is 6.08. The number of aliphatic carboxylic acids is 2. The van der Waals surface area contributed by atoms with Crippen molar-refractivity contribution in [2.24, 2.45) is 0 Å². The van der Waals surface area contributed by atoms with Crippen molar-refractivity contribution < 1.29 is 63.6 Å². The van der Waals surface area contributed by atoms with Crippen LogP contribution in [-0.4, -0.2) is 73.2 Å². The standard InChI is InChI=1S/C13H10O3.C9H8O3.C5H8O3.C5H6O3.C3H6O/c1-8(14)11-6-9-4-2-3-5-10(9)7-12(11)13(15)16;1-6(10)7-4-2-3-5-8(7)9(11)12;2*1-4(6)2-3-5(7)8;1-3(2)4/h2-7H,1H3,(H,15,16);2-5H,1H3,(H,11,12);2-3H2,1H3,(H,7,8);2-3H,1H3,(H,7,8);1-2H3/b;;;3-2-;. The Morgan fingerprint density at radius 2 is 0.917 bits per heavy atom. The van der Waals surface area contributed by atoms with E-state index in [2.05, 4.69) is 0 Å². The maximum atomic E-state index is 11.4. The molecule has 0 spiro atoms. The van der Waals surface area contributed by atoms with E-state index < -0.39 is 23.9 Å². The molecule has 4 N–H and O–H groups in total. The van der Waals surface area contributed by atoms with E-state index in [-0.39, 0.29) is 64.0 Å². The zero-order valence-electron chi connectivity index (χ0n) is 27.3. The Morgan fingerprint density at radius 3 is 1.19 bits per heavy atom. The van der Waals surface area contributed by atoms with Crippen LogP contribution in [0.3, 0.4) is 0 Å². The van der Waals surface area contributed by atoms with E-state index in [0.717, 1.165) is 22.9 Å². The first-order chi connectivity index (χ1) is 22.2. The first kappa shape index (κ1) is 44.0. The van der Waals surface area contributed by atoms with E-state index in [1.807, 2.05) is 24.3 Å². The minimum Gasteiger partial charge on any atom is -0.481 e. The van der Waals surface area contributed by atoms with E-state index in [9.17, 15) is 43.2 Å². The quantitative estimate of drug-likeness (QED) is 0.161. The number of Topliss-reactive ketones (excluding diaryl/α,β-unsaturated/α-hetero) is 4. The van der Waals surface area contributed by atoms with Gasteiger partial charge in [-0.15, -0.1) is 0 Å². The smallest absolute Gasteiger partial charge is 0.336 e. The number of hydrogen-bond acceptors (Lipinski definition) is 9. The number of allylic oxidation sites excluding steroid dienone is 1. The molecule has 0 saturated carbocycles. The molecule has 0 aliphatic carbocycles. The van der Waals surface area contributed by atoms with E-state index in [0.29, 0.717) is 0 Å². The number of rotatable bonds is 9. The number of fused-ring (bicyclic) bond motifs is 1. The third-order valence-corrected chi connectivity index (χ3v) is 5.18. The van der Waals surface area contributed by atoms with Gasteiger partial charge in [-0.2, -0.15) is 0 Å². The largest absolute Gasteiger partial charge is 0.481 e. The molecule has 3 aromatic rings. The lowest BCUT2D eigenvalue weighted by atomic mass is 9.99. The van der Waals surface area contributed by atoms with Crippen molar-refractivity contribution in [3.8, 4) is 0 Å². The molecule has 0 fully saturated rings. The fraction of sp³-hybridized carbons (Fsp3) is 0.229. The van der Waals surface area contributed by atoms with Gasteiger partial charge in [0.25, 0.3) is 0 Å². The molecule has 0 unspecified atom stereocenters. The van der Waals surface area contributed by atoms with Crippen LogP contribution in [0.15, 0.2) is 72.8 Å². The molecule has 48 heavy (non-hydrogen) atoms. The number of ketones is 5. The lowest BCUT2D eigenvalue weighted by Gasteiger charge is -2.05. The van der Waals surface area contributed by atoms with Crippen LogP contribution in [0.5, 0.6) is 0 Å². The number of carbonyl (C=O) groups is 9. The third kappa shape index (κ3) is 20.8. The number of aromatic carboxylic acids is 2. The lowest BCUT2D eigenvalue weighted by Crippen LogP contribution is -2.06. The molecule has 0 bridgehead atoms. The normalized spacial score (nSPS) is 9.38. The molecule has 3 aromatic carbocycles. The summed E-state index contributed by atoms with van der Waals surface area (Å²) in [4.78, 5) is 92.8. The summed E-state index contributed by atoms with van der Waals surface area (Å²) < 4.78 is 0. The fourth-order valence-electron chi connectivity index (χ4n) is 3.16. The summed E-state index contributed by atoms with van der Waals surface area (Å²) in [5, 5.41) is 35.3. The maximum Gasteiger partial charge on any atom is 0.336 e. The molecule has 0 heterocycles. The Balaban J connectivity index is 0. The second-order valence-corrected chi connectivity index (χ2v) is 9.80. The van der Waals surface area contributed by atoms with Gasteiger partial charge in [-0.25, -0.2) is 14.4 Å². The zero-order valence-corrected chi connectivity index (χ0v) is 27.3. The van der Waals surface area contributed by atoms with Gasteiger partial charge in [0.15, 0.2) is 17.3 Å². The van der Waals surface area contributed by atoms with Crippen molar-refractivity contribution in [1.29, 1.82) is 0 Å². The molecule has 256 valence electrons. The molecule has 3 rings (SSSR count). The predicted octanol–water partition coefficient (Wildman–Crippen LogP) is 5.58. The molecule has 13 heteroatoms. The molecule has 0 aromatic heterocycles. The summed E-state index contributed by atoms with van der Waals surface area (Å²) in [5.74, 6) is -4.78. The van der Waals surface area contributed by atoms with Crippen LogP contribution in [0.25, 0.3) is 10.8 Å².